The maximum atomic E-state index is 12.3. The molecule has 0 saturated carbocycles. The van der Waals surface area contributed by atoms with Gasteiger partial charge in [-0.15, -0.1) is 0 Å². The monoisotopic (exact) mass is 294 g/mol. The van der Waals surface area contributed by atoms with Gasteiger partial charge in [0.15, 0.2) is 0 Å². The topological polar surface area (TPSA) is 73.0 Å². The van der Waals surface area contributed by atoms with Gasteiger partial charge < -0.3 is 9.80 Å². The van der Waals surface area contributed by atoms with E-state index >= 15 is 0 Å². The highest BCUT2D eigenvalue weighted by Gasteiger charge is 2.34. The zero-order valence-corrected chi connectivity index (χ0v) is 12.2. The summed E-state index contributed by atoms with van der Waals surface area (Å²) in [6, 6.07) is 0.00316. The van der Waals surface area contributed by atoms with Crippen molar-refractivity contribution in [2.45, 2.75) is 31.7 Å². The number of amides is 4. The van der Waals surface area contributed by atoms with Crippen LogP contribution in [0.4, 0.5) is 4.79 Å². The van der Waals surface area contributed by atoms with E-state index in [-0.39, 0.29) is 24.9 Å². The van der Waals surface area contributed by atoms with Gasteiger partial charge in [0.25, 0.3) is 0 Å². The maximum Gasteiger partial charge on any atom is 0.325 e. The lowest BCUT2D eigenvalue weighted by Crippen LogP contribution is -2.44. The molecule has 0 aliphatic carbocycles. The van der Waals surface area contributed by atoms with Crippen molar-refractivity contribution in [2.24, 2.45) is 0 Å². The number of urea groups is 1. The Kier molecular flexibility index (Phi) is 4.10. The van der Waals surface area contributed by atoms with Crippen molar-refractivity contribution in [3.63, 3.8) is 0 Å². The average Bonchev–Trinajstić information content (AvgIpc) is 3.07. The van der Waals surface area contributed by atoms with Gasteiger partial charge in [0, 0.05) is 19.1 Å². The molecule has 0 aromatic carbocycles. The Balaban J connectivity index is 1.50. The lowest BCUT2D eigenvalue weighted by atomic mass is 10.1. The number of imide groups is 1. The van der Waals surface area contributed by atoms with Crippen molar-refractivity contribution in [1.29, 1.82) is 0 Å². The number of piperidine rings is 1. The lowest BCUT2D eigenvalue weighted by molar-refractivity contribution is -0.130. The summed E-state index contributed by atoms with van der Waals surface area (Å²) < 4.78 is 0. The number of likely N-dealkylation sites (tertiary alicyclic amines) is 2. The summed E-state index contributed by atoms with van der Waals surface area (Å²) in [4.78, 5) is 40.4. The molecule has 3 saturated heterocycles. The fraction of sp³-hybridized carbons (Fsp3) is 0.786. The normalized spacial score (nSPS) is 27.3. The molecule has 3 aliphatic rings. The van der Waals surface area contributed by atoms with Crippen molar-refractivity contribution in [3.05, 3.63) is 0 Å². The summed E-state index contributed by atoms with van der Waals surface area (Å²) in [5.74, 6) is -0.389. The molecule has 0 radical (unpaired) electrons. The number of carbonyl (C=O) groups is 3. The first kappa shape index (κ1) is 14.3. The Bertz CT molecular complexity index is 448. The fourth-order valence-corrected chi connectivity index (χ4v) is 3.42. The highest BCUT2D eigenvalue weighted by atomic mass is 16.2. The Hall–Kier alpha value is -1.63. The number of nitrogens with one attached hydrogen (secondary N) is 1. The summed E-state index contributed by atoms with van der Waals surface area (Å²) in [7, 11) is 0. The third kappa shape index (κ3) is 3.18. The van der Waals surface area contributed by atoms with E-state index < -0.39 is 6.03 Å². The second-order valence-electron chi connectivity index (χ2n) is 6.09. The van der Waals surface area contributed by atoms with Crippen molar-refractivity contribution < 1.29 is 14.4 Å². The highest BCUT2D eigenvalue weighted by Crippen LogP contribution is 2.20. The predicted octanol–water partition coefficient (Wildman–Crippen LogP) is -0.375. The molecule has 116 valence electrons. The SMILES string of the molecule is O=C1CN(CC(=O)N2CCC(N3CCCCC3)C2)C(=O)N1. The molecule has 1 atom stereocenters. The van der Waals surface area contributed by atoms with Crippen LogP contribution in [0.5, 0.6) is 0 Å². The molecule has 3 aliphatic heterocycles. The van der Waals surface area contributed by atoms with Gasteiger partial charge in [-0.3, -0.25) is 19.8 Å². The number of rotatable bonds is 3. The molecule has 1 N–H and O–H groups in total. The molecule has 0 bridgehead atoms. The molecule has 21 heavy (non-hydrogen) atoms. The van der Waals surface area contributed by atoms with Crippen LogP contribution in [0.15, 0.2) is 0 Å². The first-order chi connectivity index (χ1) is 10.1. The van der Waals surface area contributed by atoms with Gasteiger partial charge in [0.2, 0.25) is 11.8 Å². The van der Waals surface area contributed by atoms with Crippen molar-refractivity contribution >= 4 is 17.8 Å². The Morgan fingerprint density at radius 2 is 1.90 bits per heavy atom. The summed E-state index contributed by atoms with van der Waals surface area (Å²) in [5.41, 5.74) is 0. The molecular formula is C14H22N4O3. The van der Waals surface area contributed by atoms with Gasteiger partial charge in [-0.25, -0.2) is 4.79 Å². The predicted molar refractivity (Wildman–Crippen MR) is 75.5 cm³/mol. The molecule has 0 aromatic heterocycles. The van der Waals surface area contributed by atoms with E-state index in [4.69, 9.17) is 0 Å². The van der Waals surface area contributed by atoms with Crippen molar-refractivity contribution in [2.75, 3.05) is 39.3 Å². The number of nitrogens with zero attached hydrogens (tertiary/aromatic N) is 3. The molecule has 4 amide bonds. The van der Waals surface area contributed by atoms with E-state index in [9.17, 15) is 14.4 Å². The minimum atomic E-state index is -0.458. The van der Waals surface area contributed by atoms with Crippen LogP contribution >= 0.6 is 0 Å². The van der Waals surface area contributed by atoms with Crippen molar-refractivity contribution in [1.82, 2.24) is 20.0 Å². The van der Waals surface area contributed by atoms with Gasteiger partial charge in [-0.1, -0.05) is 6.42 Å². The molecule has 7 heteroatoms. The molecule has 3 heterocycles. The Morgan fingerprint density at radius 3 is 2.57 bits per heavy atom. The van der Waals surface area contributed by atoms with Crippen molar-refractivity contribution in [3.8, 4) is 0 Å². The Labute approximate surface area is 124 Å². The first-order valence-electron chi connectivity index (χ1n) is 7.74. The van der Waals surface area contributed by atoms with E-state index in [1.165, 1.54) is 24.2 Å². The van der Waals surface area contributed by atoms with E-state index in [2.05, 4.69) is 10.2 Å². The van der Waals surface area contributed by atoms with E-state index in [1.807, 2.05) is 4.90 Å². The van der Waals surface area contributed by atoms with E-state index in [1.54, 1.807) is 0 Å². The van der Waals surface area contributed by atoms with Gasteiger partial charge in [-0.2, -0.15) is 0 Å². The third-order valence-electron chi connectivity index (χ3n) is 4.62. The van der Waals surface area contributed by atoms with Crippen LogP contribution in [0.3, 0.4) is 0 Å². The third-order valence-corrected chi connectivity index (χ3v) is 4.62. The lowest BCUT2D eigenvalue weighted by Gasteiger charge is -2.32. The maximum absolute atomic E-state index is 12.3. The smallest absolute Gasteiger partial charge is 0.325 e. The van der Waals surface area contributed by atoms with Crippen LogP contribution in [0.1, 0.15) is 25.7 Å². The molecule has 0 spiro atoms. The fourth-order valence-electron chi connectivity index (χ4n) is 3.42. The molecular weight excluding hydrogens is 272 g/mol. The second-order valence-corrected chi connectivity index (χ2v) is 6.09. The molecule has 0 aromatic rings. The van der Waals surface area contributed by atoms with Crippen LogP contribution in [0, 0.1) is 0 Å². The van der Waals surface area contributed by atoms with Crippen LogP contribution in [-0.4, -0.2) is 77.9 Å². The van der Waals surface area contributed by atoms with Gasteiger partial charge in [0.1, 0.15) is 13.1 Å². The van der Waals surface area contributed by atoms with Crippen LogP contribution < -0.4 is 5.32 Å². The van der Waals surface area contributed by atoms with Crippen LogP contribution in [0.2, 0.25) is 0 Å². The molecule has 1 unspecified atom stereocenters. The number of carbonyl (C=O) groups excluding carboxylic acids is 3. The minimum Gasteiger partial charge on any atom is -0.340 e. The zero-order valence-electron chi connectivity index (χ0n) is 12.2. The first-order valence-corrected chi connectivity index (χ1v) is 7.74. The standard InChI is InChI=1S/C14H22N4O3/c19-12-9-18(14(21)15-12)10-13(20)17-7-4-11(8-17)16-5-2-1-3-6-16/h11H,1-10H2,(H,15,19,21). The molecule has 7 nitrogen and oxygen atoms in total. The summed E-state index contributed by atoms with van der Waals surface area (Å²) in [5, 5.41) is 2.19. The largest absolute Gasteiger partial charge is 0.340 e. The second kappa shape index (κ2) is 6.01. The highest BCUT2D eigenvalue weighted by molar-refractivity contribution is 6.03. The van der Waals surface area contributed by atoms with Gasteiger partial charge >= 0.3 is 6.03 Å². The van der Waals surface area contributed by atoms with Gasteiger partial charge in [-0.05, 0) is 32.4 Å². The summed E-state index contributed by atoms with van der Waals surface area (Å²) in [6.07, 6.45) is 4.82. The summed E-state index contributed by atoms with van der Waals surface area (Å²) in [6.45, 7) is 3.77. The quantitative estimate of drug-likeness (QED) is 0.721. The molecule has 3 rings (SSSR count). The zero-order chi connectivity index (χ0) is 14.8. The van der Waals surface area contributed by atoms with Gasteiger partial charge in [0.05, 0.1) is 0 Å². The Morgan fingerprint density at radius 1 is 1.14 bits per heavy atom. The average molecular weight is 294 g/mol. The number of hydrogen-bond acceptors (Lipinski definition) is 4. The molecule has 3 fully saturated rings. The van der Waals surface area contributed by atoms with Crippen LogP contribution in [0.25, 0.3) is 0 Å². The van der Waals surface area contributed by atoms with E-state index in [0.29, 0.717) is 6.04 Å². The number of hydrogen-bond donors (Lipinski definition) is 1. The minimum absolute atomic E-state index is 0.00426. The van der Waals surface area contributed by atoms with Crippen LogP contribution in [-0.2, 0) is 9.59 Å². The van der Waals surface area contributed by atoms with E-state index in [0.717, 1.165) is 32.6 Å². The summed E-state index contributed by atoms with van der Waals surface area (Å²) >= 11 is 0.